The van der Waals surface area contributed by atoms with Gasteiger partial charge in [-0.25, -0.2) is 22.5 Å². The lowest BCUT2D eigenvalue weighted by Gasteiger charge is -2.29. The molecule has 3 amide bonds. The number of hydrogen-bond donors (Lipinski definition) is 2. The second-order valence-corrected chi connectivity index (χ2v) is 7.97. The van der Waals surface area contributed by atoms with E-state index < -0.39 is 44.5 Å². The van der Waals surface area contributed by atoms with Crippen LogP contribution in [0, 0.1) is 5.82 Å². The van der Waals surface area contributed by atoms with Gasteiger partial charge in [-0.2, -0.15) is 17.9 Å². The zero-order valence-electron chi connectivity index (χ0n) is 14.0. The largest absolute Gasteiger partial charge is 0.435 e. The fourth-order valence-corrected chi connectivity index (χ4v) is 3.94. The van der Waals surface area contributed by atoms with Crippen molar-refractivity contribution in [2.75, 3.05) is 4.90 Å². The molecule has 1 heterocycles. The van der Waals surface area contributed by atoms with Gasteiger partial charge in [0.25, 0.3) is 11.6 Å². The van der Waals surface area contributed by atoms with Crippen LogP contribution >= 0.6 is 11.6 Å². The Bertz CT molecular complexity index is 1070. The van der Waals surface area contributed by atoms with Gasteiger partial charge in [-0.05, 0) is 48.5 Å². The number of carbonyl (C=O) groups excluding carboxylic acids is 2. The van der Waals surface area contributed by atoms with Crippen molar-refractivity contribution in [2.45, 2.75) is 16.7 Å². The van der Waals surface area contributed by atoms with Crippen LogP contribution < -0.4 is 14.9 Å². The van der Waals surface area contributed by atoms with Crippen LogP contribution in [0.4, 0.5) is 28.0 Å². The van der Waals surface area contributed by atoms with E-state index in [-0.39, 0.29) is 15.6 Å². The minimum atomic E-state index is -5.55. The maximum Gasteiger partial charge on any atom is 0.435 e. The van der Waals surface area contributed by atoms with Gasteiger partial charge in [0.05, 0.1) is 10.6 Å². The number of anilines is 1. The van der Waals surface area contributed by atoms with E-state index in [1.54, 1.807) is 0 Å². The van der Waals surface area contributed by atoms with Crippen LogP contribution in [0.2, 0.25) is 5.02 Å². The fourth-order valence-electron chi connectivity index (χ4n) is 2.55. The summed E-state index contributed by atoms with van der Waals surface area (Å²) >= 11 is 5.63. The molecule has 0 radical (unpaired) electrons. The van der Waals surface area contributed by atoms with E-state index in [1.807, 2.05) is 0 Å². The number of nitrogens with zero attached hydrogens (tertiary/aromatic N) is 1. The molecule has 0 aliphatic carbocycles. The van der Waals surface area contributed by atoms with E-state index in [2.05, 4.69) is 0 Å². The summed E-state index contributed by atoms with van der Waals surface area (Å²) in [6.45, 7) is 0. The van der Waals surface area contributed by atoms with Crippen molar-refractivity contribution in [2.24, 2.45) is 0 Å². The van der Waals surface area contributed by atoms with Crippen molar-refractivity contribution in [1.82, 2.24) is 10.0 Å². The monoisotopic (exact) mass is 451 g/mol. The lowest BCUT2D eigenvalue weighted by Crippen LogP contribution is -2.69. The predicted molar refractivity (Wildman–Crippen MR) is 93.0 cm³/mol. The smallest absolute Gasteiger partial charge is 0.302 e. The first kappa shape index (κ1) is 21.0. The highest BCUT2D eigenvalue weighted by Gasteiger charge is 2.69. The van der Waals surface area contributed by atoms with Gasteiger partial charge in [-0.1, -0.05) is 11.6 Å². The molecule has 1 saturated heterocycles. The number of amides is 3. The highest BCUT2D eigenvalue weighted by Crippen LogP contribution is 2.37. The molecule has 3 rings (SSSR count). The summed E-state index contributed by atoms with van der Waals surface area (Å²) in [5, 5.41) is 1.49. The minimum Gasteiger partial charge on any atom is -0.302 e. The van der Waals surface area contributed by atoms with Crippen LogP contribution in [0.5, 0.6) is 0 Å². The first-order chi connectivity index (χ1) is 13.4. The summed E-state index contributed by atoms with van der Waals surface area (Å²) in [5.74, 6) is -2.70. The molecule has 29 heavy (non-hydrogen) atoms. The Balaban J connectivity index is 2.06. The van der Waals surface area contributed by atoms with E-state index in [1.165, 1.54) is 10.0 Å². The van der Waals surface area contributed by atoms with Gasteiger partial charge < -0.3 is 5.32 Å². The summed E-state index contributed by atoms with van der Waals surface area (Å²) < 4.78 is 80.7. The first-order valence-electron chi connectivity index (χ1n) is 7.66. The van der Waals surface area contributed by atoms with E-state index >= 15 is 0 Å². The molecule has 13 heteroatoms. The number of sulfonamides is 1. The van der Waals surface area contributed by atoms with E-state index in [9.17, 15) is 35.6 Å². The van der Waals surface area contributed by atoms with Crippen molar-refractivity contribution in [3.8, 4) is 0 Å². The van der Waals surface area contributed by atoms with Gasteiger partial charge in [0, 0.05) is 5.02 Å². The number of carbonyl (C=O) groups is 2. The maximum atomic E-state index is 13.8. The molecule has 1 fully saturated rings. The van der Waals surface area contributed by atoms with Crippen LogP contribution in [0.3, 0.4) is 0 Å². The number of halogens is 5. The molecular weight excluding hydrogens is 442 g/mol. The number of benzene rings is 2. The Hall–Kier alpha value is -2.70. The molecule has 2 N–H and O–H groups in total. The van der Waals surface area contributed by atoms with Crippen LogP contribution in [-0.2, 0) is 14.8 Å². The van der Waals surface area contributed by atoms with Gasteiger partial charge in [-0.3, -0.25) is 4.79 Å². The molecule has 1 aliphatic rings. The molecular formula is C16H10ClF4N3O4S. The third kappa shape index (κ3) is 3.66. The lowest BCUT2D eigenvalue weighted by molar-refractivity contribution is -0.194. The highest BCUT2D eigenvalue weighted by atomic mass is 35.5. The number of rotatable bonds is 4. The molecule has 0 aromatic heterocycles. The summed E-state index contributed by atoms with van der Waals surface area (Å²) in [5.41, 5.74) is -4.34. The Morgan fingerprint density at radius 3 is 2.07 bits per heavy atom. The average molecular weight is 452 g/mol. The molecule has 0 spiro atoms. The Morgan fingerprint density at radius 1 is 1.00 bits per heavy atom. The van der Waals surface area contributed by atoms with Gasteiger partial charge >= 0.3 is 12.2 Å². The topological polar surface area (TPSA) is 95.6 Å². The van der Waals surface area contributed by atoms with E-state index in [4.69, 9.17) is 11.6 Å². The van der Waals surface area contributed by atoms with Crippen LogP contribution in [-0.4, -0.2) is 32.2 Å². The molecule has 2 aromatic rings. The second kappa shape index (κ2) is 6.97. The standard InChI is InChI=1S/C16H10ClF4N3O4S/c17-9-1-7-12(8-2-9)29(27,28)23-15(16(19,20)21)13(25)24(14(26)22-15)11-5-3-10(18)4-6-11/h1-8,23H,(H,22,26)/t15-/m1/s1. The van der Waals surface area contributed by atoms with Crippen LogP contribution in [0.1, 0.15) is 0 Å². The molecule has 1 aliphatic heterocycles. The third-order valence-electron chi connectivity index (χ3n) is 3.94. The van der Waals surface area contributed by atoms with Gasteiger partial charge in [0.2, 0.25) is 10.0 Å². The summed E-state index contributed by atoms with van der Waals surface area (Å²) in [4.78, 5) is 24.2. The number of nitrogens with one attached hydrogen (secondary N) is 2. The fraction of sp³-hybridized carbons (Fsp3) is 0.125. The Morgan fingerprint density at radius 2 is 1.55 bits per heavy atom. The first-order valence-corrected chi connectivity index (χ1v) is 9.52. The number of imide groups is 1. The summed E-state index contributed by atoms with van der Waals surface area (Å²) in [6, 6.07) is 5.98. The SMILES string of the molecule is O=C1N[C@](NS(=O)(=O)c2ccc(Cl)cc2)(C(F)(F)F)C(=O)N1c1ccc(F)cc1. The van der Waals surface area contributed by atoms with Crippen molar-refractivity contribution in [3.63, 3.8) is 0 Å². The molecule has 1 atom stereocenters. The highest BCUT2D eigenvalue weighted by molar-refractivity contribution is 7.89. The van der Waals surface area contributed by atoms with Crippen molar-refractivity contribution in [1.29, 1.82) is 0 Å². The maximum absolute atomic E-state index is 13.8. The van der Waals surface area contributed by atoms with Crippen LogP contribution in [0.15, 0.2) is 53.4 Å². The quantitative estimate of drug-likeness (QED) is 0.552. The minimum absolute atomic E-state index is 0.0668. The lowest BCUT2D eigenvalue weighted by atomic mass is 10.1. The number of urea groups is 1. The van der Waals surface area contributed by atoms with Crippen molar-refractivity contribution >= 4 is 39.2 Å². The second-order valence-electron chi connectivity index (χ2n) is 5.85. The third-order valence-corrected chi connectivity index (χ3v) is 5.66. The zero-order valence-corrected chi connectivity index (χ0v) is 15.6. The van der Waals surface area contributed by atoms with Crippen molar-refractivity contribution < 1.29 is 35.6 Å². The Labute approximate surface area is 166 Å². The van der Waals surface area contributed by atoms with E-state index in [0.717, 1.165) is 48.5 Å². The number of alkyl halides is 3. The summed E-state index contributed by atoms with van der Waals surface area (Å²) in [7, 11) is -4.92. The molecule has 0 saturated carbocycles. The van der Waals surface area contributed by atoms with Crippen molar-refractivity contribution in [3.05, 3.63) is 59.4 Å². The van der Waals surface area contributed by atoms with Gasteiger partial charge in [0.15, 0.2) is 0 Å². The van der Waals surface area contributed by atoms with Gasteiger partial charge in [-0.15, -0.1) is 0 Å². The summed E-state index contributed by atoms with van der Waals surface area (Å²) in [6.07, 6.45) is -5.55. The normalized spacial score (nSPS) is 20.1. The number of hydrogen-bond acceptors (Lipinski definition) is 4. The molecule has 154 valence electrons. The van der Waals surface area contributed by atoms with Gasteiger partial charge in [0.1, 0.15) is 5.82 Å². The molecule has 2 aromatic carbocycles. The van der Waals surface area contributed by atoms with Crippen LogP contribution in [0.25, 0.3) is 0 Å². The molecule has 0 bridgehead atoms. The zero-order chi connectivity index (χ0) is 21.6. The molecule has 0 unspecified atom stereocenters. The Kier molecular flexibility index (Phi) is 5.05. The average Bonchev–Trinajstić information content (AvgIpc) is 2.87. The molecule has 7 nitrogen and oxygen atoms in total. The predicted octanol–water partition coefficient (Wildman–Crippen LogP) is 2.77. The van der Waals surface area contributed by atoms with E-state index in [0.29, 0.717) is 0 Å².